The molecule has 0 saturated carbocycles. The number of aromatic nitrogens is 2. The van der Waals surface area contributed by atoms with E-state index in [1.54, 1.807) is 43.3 Å². The third-order valence-corrected chi connectivity index (χ3v) is 6.34. The van der Waals surface area contributed by atoms with Crippen LogP contribution in [0.1, 0.15) is 32.7 Å². The summed E-state index contributed by atoms with van der Waals surface area (Å²) >= 11 is 1.25. The summed E-state index contributed by atoms with van der Waals surface area (Å²) in [5.74, 6) is 0.697. The Hall–Kier alpha value is -3.92. The quantitative estimate of drug-likeness (QED) is 0.439. The average Bonchev–Trinajstić information content (AvgIpc) is 3.39. The van der Waals surface area contributed by atoms with Crippen molar-refractivity contribution >= 4 is 33.3 Å². The van der Waals surface area contributed by atoms with E-state index in [0.717, 1.165) is 0 Å². The van der Waals surface area contributed by atoms with E-state index in [1.807, 2.05) is 0 Å². The second-order valence-corrected chi connectivity index (χ2v) is 8.47. The molecule has 0 bridgehead atoms. The summed E-state index contributed by atoms with van der Waals surface area (Å²) in [6, 6.07) is 9.44. The molecule has 0 saturated heterocycles. The minimum absolute atomic E-state index is 0.0229. The van der Waals surface area contributed by atoms with Crippen molar-refractivity contribution in [1.82, 2.24) is 10.2 Å². The van der Waals surface area contributed by atoms with Crippen LogP contribution in [0.4, 0.5) is 5.13 Å². The molecule has 1 atom stereocenters. The van der Waals surface area contributed by atoms with E-state index in [2.05, 4.69) is 10.2 Å². The molecule has 0 N–H and O–H groups in total. The first-order valence-corrected chi connectivity index (χ1v) is 10.8. The summed E-state index contributed by atoms with van der Waals surface area (Å²) in [4.78, 5) is 28.6. The van der Waals surface area contributed by atoms with Gasteiger partial charge in [-0.3, -0.25) is 14.5 Å². The first-order chi connectivity index (χ1) is 16.0. The zero-order valence-corrected chi connectivity index (χ0v) is 19.1. The lowest BCUT2D eigenvalue weighted by Gasteiger charge is -2.23. The number of para-hydroxylation sites is 1. The largest absolute Gasteiger partial charge is 0.493 e. The highest BCUT2D eigenvalue weighted by Gasteiger charge is 2.45. The molecule has 0 fully saturated rings. The molecule has 2 aromatic heterocycles. The maximum absolute atomic E-state index is 13.6. The minimum Gasteiger partial charge on any atom is -0.493 e. The lowest BCUT2D eigenvalue weighted by atomic mass is 9.98. The molecule has 9 nitrogen and oxygen atoms in total. The smallest absolute Gasteiger partial charge is 0.297 e. The number of methoxy groups -OCH3 is 3. The van der Waals surface area contributed by atoms with Gasteiger partial charge in [-0.25, -0.2) is 0 Å². The molecule has 0 aliphatic carbocycles. The van der Waals surface area contributed by atoms with Crippen molar-refractivity contribution in [2.75, 3.05) is 26.2 Å². The van der Waals surface area contributed by atoms with Crippen LogP contribution in [0.15, 0.2) is 45.6 Å². The summed E-state index contributed by atoms with van der Waals surface area (Å²) in [5, 5.41) is 9.64. The molecule has 1 amide bonds. The molecular weight excluding hydrogens is 446 g/mol. The third kappa shape index (κ3) is 3.13. The number of hydrogen-bond donors (Lipinski definition) is 0. The van der Waals surface area contributed by atoms with E-state index in [9.17, 15) is 9.59 Å². The highest BCUT2D eigenvalue weighted by molar-refractivity contribution is 7.15. The van der Waals surface area contributed by atoms with Gasteiger partial charge >= 0.3 is 0 Å². The Morgan fingerprint density at radius 2 is 1.70 bits per heavy atom. The van der Waals surface area contributed by atoms with Crippen molar-refractivity contribution in [3.63, 3.8) is 0 Å². The Morgan fingerprint density at radius 1 is 1.00 bits per heavy atom. The number of carbonyl (C=O) groups is 1. The molecule has 1 aliphatic rings. The fraction of sp³-hybridized carbons (Fsp3) is 0.217. The number of ether oxygens (including phenoxy) is 3. The van der Waals surface area contributed by atoms with Crippen LogP contribution in [0, 0.1) is 6.92 Å². The van der Waals surface area contributed by atoms with Gasteiger partial charge in [-0.2, -0.15) is 0 Å². The number of nitrogens with zero attached hydrogens (tertiary/aromatic N) is 3. The highest BCUT2D eigenvalue weighted by Crippen LogP contribution is 2.46. The predicted molar refractivity (Wildman–Crippen MR) is 122 cm³/mol. The van der Waals surface area contributed by atoms with Crippen LogP contribution < -0.4 is 24.5 Å². The second-order valence-electron chi connectivity index (χ2n) is 7.31. The van der Waals surface area contributed by atoms with Crippen LogP contribution >= 0.6 is 11.3 Å². The highest BCUT2D eigenvalue weighted by atomic mass is 32.1. The lowest BCUT2D eigenvalue weighted by molar-refractivity contribution is 0.0970. The van der Waals surface area contributed by atoms with Gasteiger partial charge in [0.1, 0.15) is 10.6 Å². The molecule has 2 aromatic carbocycles. The number of benzene rings is 2. The fourth-order valence-electron chi connectivity index (χ4n) is 4.08. The molecule has 168 valence electrons. The minimum atomic E-state index is -0.825. The van der Waals surface area contributed by atoms with Gasteiger partial charge in [-0.15, -0.1) is 10.2 Å². The summed E-state index contributed by atoms with van der Waals surface area (Å²) < 4.78 is 22.4. The molecular formula is C23H19N3O6S. The van der Waals surface area contributed by atoms with Gasteiger partial charge in [0.05, 0.1) is 38.3 Å². The normalized spacial score (nSPS) is 15.1. The van der Waals surface area contributed by atoms with Gasteiger partial charge in [0, 0.05) is 0 Å². The summed E-state index contributed by atoms with van der Waals surface area (Å²) in [7, 11) is 4.51. The Bertz CT molecular complexity index is 1440. The Kier molecular flexibility index (Phi) is 5.01. The zero-order chi connectivity index (χ0) is 23.3. The van der Waals surface area contributed by atoms with Crippen LogP contribution in [0.3, 0.4) is 0 Å². The van der Waals surface area contributed by atoms with Crippen molar-refractivity contribution in [2.24, 2.45) is 0 Å². The van der Waals surface area contributed by atoms with Crippen LogP contribution in [-0.2, 0) is 0 Å². The lowest BCUT2D eigenvalue weighted by Crippen LogP contribution is -2.29. The summed E-state index contributed by atoms with van der Waals surface area (Å²) in [5.41, 5.74) is 0.851. The van der Waals surface area contributed by atoms with Crippen molar-refractivity contribution in [2.45, 2.75) is 13.0 Å². The number of rotatable bonds is 5. The first kappa shape index (κ1) is 21.0. The molecule has 0 unspecified atom stereocenters. The van der Waals surface area contributed by atoms with Crippen LogP contribution in [0.2, 0.25) is 0 Å². The van der Waals surface area contributed by atoms with Crippen molar-refractivity contribution in [1.29, 1.82) is 0 Å². The zero-order valence-electron chi connectivity index (χ0n) is 18.2. The molecule has 10 heteroatoms. The average molecular weight is 465 g/mol. The van der Waals surface area contributed by atoms with E-state index in [4.69, 9.17) is 18.6 Å². The number of fused-ring (bicyclic) bond motifs is 2. The van der Waals surface area contributed by atoms with Gasteiger partial charge in [0.25, 0.3) is 5.91 Å². The van der Waals surface area contributed by atoms with Gasteiger partial charge in [-0.05, 0) is 36.8 Å². The van der Waals surface area contributed by atoms with E-state index in [0.29, 0.717) is 43.9 Å². The van der Waals surface area contributed by atoms with Crippen molar-refractivity contribution in [3.05, 3.63) is 68.5 Å². The molecule has 33 heavy (non-hydrogen) atoms. The Morgan fingerprint density at radius 3 is 2.30 bits per heavy atom. The molecule has 5 rings (SSSR count). The van der Waals surface area contributed by atoms with Crippen LogP contribution in [-0.4, -0.2) is 37.4 Å². The molecule has 1 aliphatic heterocycles. The first-order valence-electron chi connectivity index (χ1n) is 9.97. The van der Waals surface area contributed by atoms with E-state index < -0.39 is 11.9 Å². The van der Waals surface area contributed by atoms with Crippen molar-refractivity contribution in [3.8, 4) is 17.2 Å². The van der Waals surface area contributed by atoms with Gasteiger partial charge in [0.2, 0.25) is 16.6 Å². The number of anilines is 1. The molecule has 0 radical (unpaired) electrons. The monoisotopic (exact) mass is 465 g/mol. The maximum atomic E-state index is 13.6. The van der Waals surface area contributed by atoms with E-state index >= 15 is 0 Å². The standard InChI is InChI=1S/C23H19N3O6S/c1-11-24-25-23(33-11)26-18(12-9-15(29-2)20(31-4)16(10-12)30-3)17-19(27)13-7-5-6-8-14(13)32-21(17)22(26)28/h5-10,18H,1-4H3/t18-/m0/s1. The van der Waals surface area contributed by atoms with Gasteiger partial charge < -0.3 is 18.6 Å². The number of aryl methyl sites for hydroxylation is 1. The van der Waals surface area contributed by atoms with Gasteiger partial charge in [0.15, 0.2) is 16.9 Å². The Balaban J connectivity index is 1.83. The molecule has 4 aromatic rings. The van der Waals surface area contributed by atoms with Gasteiger partial charge in [-0.1, -0.05) is 23.5 Å². The maximum Gasteiger partial charge on any atom is 0.297 e. The number of carbonyl (C=O) groups excluding carboxylic acids is 1. The van der Waals surface area contributed by atoms with Crippen LogP contribution in [0.25, 0.3) is 11.0 Å². The second kappa shape index (κ2) is 7.89. The topological polar surface area (TPSA) is 104 Å². The predicted octanol–water partition coefficient (Wildman–Crippen LogP) is 3.73. The molecule has 0 spiro atoms. The van der Waals surface area contributed by atoms with Crippen LogP contribution in [0.5, 0.6) is 17.2 Å². The SMILES string of the molecule is COc1cc([C@H]2c3c(oc4ccccc4c3=O)C(=O)N2c2nnc(C)s2)cc(OC)c1OC. The third-order valence-electron chi connectivity index (χ3n) is 5.50. The van der Waals surface area contributed by atoms with E-state index in [1.165, 1.54) is 37.6 Å². The fourth-order valence-corrected chi connectivity index (χ4v) is 4.79. The molecule has 3 heterocycles. The summed E-state index contributed by atoms with van der Waals surface area (Å²) in [6.45, 7) is 1.79. The van der Waals surface area contributed by atoms with E-state index in [-0.39, 0.29) is 16.8 Å². The number of amides is 1. The van der Waals surface area contributed by atoms with Crippen molar-refractivity contribution < 1.29 is 23.4 Å². The summed E-state index contributed by atoms with van der Waals surface area (Å²) in [6.07, 6.45) is 0. The Labute approximate surface area is 192 Å². The number of hydrogen-bond acceptors (Lipinski definition) is 9.